The van der Waals surface area contributed by atoms with Crippen molar-refractivity contribution in [2.45, 2.75) is 6.42 Å². The zero-order chi connectivity index (χ0) is 12.5. The molecule has 0 bridgehead atoms. The standard InChI is InChI=1S/C14H11FN2O/c15-10-6-5-9(7-13(10)18)8-14-16-11-3-1-2-4-12(11)17-14/h1-7,18H,8H2,(H,16,17). The van der Waals surface area contributed by atoms with Gasteiger partial charge in [0.1, 0.15) is 5.82 Å². The first kappa shape index (κ1) is 10.8. The van der Waals surface area contributed by atoms with Crippen LogP contribution >= 0.6 is 0 Å². The van der Waals surface area contributed by atoms with Gasteiger partial charge < -0.3 is 10.1 Å². The number of halogens is 1. The van der Waals surface area contributed by atoms with Crippen molar-refractivity contribution in [3.63, 3.8) is 0 Å². The fourth-order valence-electron chi connectivity index (χ4n) is 1.95. The summed E-state index contributed by atoms with van der Waals surface area (Å²) >= 11 is 0. The van der Waals surface area contributed by atoms with Crippen LogP contribution in [-0.4, -0.2) is 15.1 Å². The quantitative estimate of drug-likeness (QED) is 0.725. The van der Waals surface area contributed by atoms with Crippen molar-refractivity contribution in [2.24, 2.45) is 0 Å². The number of hydrogen-bond donors (Lipinski definition) is 2. The first-order valence-electron chi connectivity index (χ1n) is 5.63. The Morgan fingerprint density at radius 3 is 2.78 bits per heavy atom. The van der Waals surface area contributed by atoms with Crippen LogP contribution in [0.25, 0.3) is 11.0 Å². The van der Waals surface area contributed by atoms with Gasteiger partial charge in [-0.25, -0.2) is 9.37 Å². The number of imidazole rings is 1. The molecule has 0 atom stereocenters. The van der Waals surface area contributed by atoms with Crippen LogP contribution in [0.2, 0.25) is 0 Å². The summed E-state index contributed by atoms with van der Waals surface area (Å²) in [5.41, 5.74) is 2.69. The number of phenols is 1. The van der Waals surface area contributed by atoms with Crippen molar-refractivity contribution in [3.05, 3.63) is 59.7 Å². The van der Waals surface area contributed by atoms with E-state index in [-0.39, 0.29) is 5.75 Å². The second-order valence-electron chi connectivity index (χ2n) is 4.16. The van der Waals surface area contributed by atoms with Crippen molar-refractivity contribution in [1.82, 2.24) is 9.97 Å². The Bertz CT molecular complexity index is 673. The van der Waals surface area contributed by atoms with E-state index in [0.717, 1.165) is 22.4 Å². The molecule has 0 spiro atoms. The van der Waals surface area contributed by atoms with E-state index >= 15 is 0 Å². The van der Waals surface area contributed by atoms with Gasteiger partial charge in [0.05, 0.1) is 11.0 Å². The molecule has 1 heterocycles. The number of phenolic OH excluding ortho intramolecular Hbond substituents is 1. The molecule has 90 valence electrons. The van der Waals surface area contributed by atoms with Crippen LogP contribution in [0, 0.1) is 5.82 Å². The summed E-state index contributed by atoms with van der Waals surface area (Å²) in [6, 6.07) is 12.1. The van der Waals surface area contributed by atoms with E-state index in [1.807, 2.05) is 24.3 Å². The van der Waals surface area contributed by atoms with E-state index in [9.17, 15) is 9.50 Å². The maximum atomic E-state index is 12.9. The fraction of sp³-hybridized carbons (Fsp3) is 0.0714. The SMILES string of the molecule is Oc1cc(Cc2nc3ccccc3[nH]2)ccc1F. The topological polar surface area (TPSA) is 48.9 Å². The lowest BCUT2D eigenvalue weighted by atomic mass is 10.1. The molecule has 3 rings (SSSR count). The molecule has 0 unspecified atom stereocenters. The van der Waals surface area contributed by atoms with Gasteiger partial charge in [-0.15, -0.1) is 0 Å². The van der Waals surface area contributed by atoms with Crippen LogP contribution in [0.15, 0.2) is 42.5 Å². The van der Waals surface area contributed by atoms with E-state index in [4.69, 9.17) is 0 Å². The molecular formula is C14H11FN2O. The summed E-state index contributed by atoms with van der Waals surface area (Å²) in [5.74, 6) is -0.144. The van der Waals surface area contributed by atoms with Crippen molar-refractivity contribution < 1.29 is 9.50 Å². The molecule has 0 radical (unpaired) electrons. The third-order valence-electron chi connectivity index (χ3n) is 2.82. The van der Waals surface area contributed by atoms with Crippen LogP contribution < -0.4 is 0 Å². The highest BCUT2D eigenvalue weighted by Gasteiger charge is 2.06. The minimum absolute atomic E-state index is 0.330. The predicted molar refractivity (Wildman–Crippen MR) is 67.0 cm³/mol. The van der Waals surface area contributed by atoms with Gasteiger partial charge in [0.2, 0.25) is 0 Å². The number of fused-ring (bicyclic) bond motifs is 1. The Balaban J connectivity index is 1.93. The van der Waals surface area contributed by atoms with Crippen molar-refractivity contribution >= 4 is 11.0 Å². The first-order chi connectivity index (χ1) is 8.72. The average molecular weight is 242 g/mol. The van der Waals surface area contributed by atoms with E-state index in [1.165, 1.54) is 12.1 Å². The Kier molecular flexibility index (Phi) is 2.48. The highest BCUT2D eigenvalue weighted by Crippen LogP contribution is 2.19. The van der Waals surface area contributed by atoms with Gasteiger partial charge in [-0.05, 0) is 29.8 Å². The van der Waals surface area contributed by atoms with Gasteiger partial charge in [0.25, 0.3) is 0 Å². The van der Waals surface area contributed by atoms with Crippen LogP contribution in [0.1, 0.15) is 11.4 Å². The zero-order valence-corrected chi connectivity index (χ0v) is 9.52. The molecule has 0 fully saturated rings. The Labute approximate surface area is 103 Å². The first-order valence-corrected chi connectivity index (χ1v) is 5.63. The Morgan fingerprint density at radius 1 is 1.17 bits per heavy atom. The Morgan fingerprint density at radius 2 is 2.00 bits per heavy atom. The Hall–Kier alpha value is -2.36. The molecule has 2 N–H and O–H groups in total. The van der Waals surface area contributed by atoms with E-state index in [2.05, 4.69) is 9.97 Å². The summed E-state index contributed by atoms with van der Waals surface area (Å²) < 4.78 is 12.9. The van der Waals surface area contributed by atoms with Gasteiger partial charge in [-0.3, -0.25) is 0 Å². The van der Waals surface area contributed by atoms with E-state index in [1.54, 1.807) is 6.07 Å². The number of rotatable bonds is 2. The van der Waals surface area contributed by atoms with Crippen LogP contribution in [-0.2, 0) is 6.42 Å². The van der Waals surface area contributed by atoms with Crippen molar-refractivity contribution in [2.75, 3.05) is 0 Å². The molecule has 1 aromatic heterocycles. The molecule has 4 heteroatoms. The van der Waals surface area contributed by atoms with Crippen LogP contribution in [0.3, 0.4) is 0 Å². The molecular weight excluding hydrogens is 231 g/mol. The van der Waals surface area contributed by atoms with Gasteiger partial charge in [-0.1, -0.05) is 18.2 Å². The van der Waals surface area contributed by atoms with E-state index in [0.29, 0.717) is 6.42 Å². The number of aromatic nitrogens is 2. The van der Waals surface area contributed by atoms with E-state index < -0.39 is 5.82 Å². The molecule has 0 amide bonds. The van der Waals surface area contributed by atoms with Gasteiger partial charge in [0.15, 0.2) is 11.6 Å². The number of nitrogens with one attached hydrogen (secondary N) is 1. The number of hydrogen-bond acceptors (Lipinski definition) is 2. The smallest absolute Gasteiger partial charge is 0.164 e. The van der Waals surface area contributed by atoms with Gasteiger partial charge in [0, 0.05) is 6.42 Å². The molecule has 18 heavy (non-hydrogen) atoms. The predicted octanol–water partition coefficient (Wildman–Crippen LogP) is 3.00. The number of benzene rings is 2. The summed E-state index contributed by atoms with van der Waals surface area (Å²) in [6.45, 7) is 0. The van der Waals surface area contributed by atoms with Crippen LogP contribution in [0.5, 0.6) is 5.75 Å². The lowest BCUT2D eigenvalue weighted by Crippen LogP contribution is -1.91. The summed E-state index contributed by atoms with van der Waals surface area (Å²) in [6.07, 6.45) is 0.530. The molecule has 0 saturated carbocycles. The molecule has 3 nitrogen and oxygen atoms in total. The largest absolute Gasteiger partial charge is 0.505 e. The maximum absolute atomic E-state index is 12.9. The minimum Gasteiger partial charge on any atom is -0.505 e. The van der Waals surface area contributed by atoms with Crippen LogP contribution in [0.4, 0.5) is 4.39 Å². The number of H-pyrrole nitrogens is 1. The number of nitrogens with zero attached hydrogens (tertiary/aromatic N) is 1. The normalized spacial score (nSPS) is 10.9. The summed E-state index contributed by atoms with van der Waals surface area (Å²) in [5, 5.41) is 9.31. The number of aromatic amines is 1. The second-order valence-corrected chi connectivity index (χ2v) is 4.16. The minimum atomic E-state index is -0.608. The van der Waals surface area contributed by atoms with Crippen molar-refractivity contribution in [1.29, 1.82) is 0 Å². The lowest BCUT2D eigenvalue weighted by molar-refractivity contribution is 0.431. The fourth-order valence-corrected chi connectivity index (χ4v) is 1.95. The molecule has 3 aromatic rings. The third kappa shape index (κ3) is 1.93. The monoisotopic (exact) mass is 242 g/mol. The highest BCUT2D eigenvalue weighted by atomic mass is 19.1. The number of para-hydroxylation sites is 2. The zero-order valence-electron chi connectivity index (χ0n) is 9.52. The lowest BCUT2D eigenvalue weighted by Gasteiger charge is -2.00. The van der Waals surface area contributed by atoms with Gasteiger partial charge in [-0.2, -0.15) is 0 Å². The highest BCUT2D eigenvalue weighted by molar-refractivity contribution is 5.74. The second kappa shape index (κ2) is 4.14. The summed E-state index contributed by atoms with van der Waals surface area (Å²) in [4.78, 5) is 7.62. The molecule has 0 aliphatic heterocycles. The molecule has 0 aliphatic carbocycles. The summed E-state index contributed by atoms with van der Waals surface area (Å²) in [7, 11) is 0. The molecule has 0 saturated heterocycles. The molecule has 0 aliphatic rings. The molecule has 2 aromatic carbocycles. The average Bonchev–Trinajstić information content (AvgIpc) is 2.76. The maximum Gasteiger partial charge on any atom is 0.164 e. The van der Waals surface area contributed by atoms with Gasteiger partial charge >= 0.3 is 0 Å². The third-order valence-corrected chi connectivity index (χ3v) is 2.82. The number of aromatic hydroxyl groups is 1. The van der Waals surface area contributed by atoms with Crippen molar-refractivity contribution in [3.8, 4) is 5.75 Å².